The fraction of sp³-hybridized carbons (Fsp3) is 0.267. The number of hydrogen-bond acceptors (Lipinski definition) is 4. The van der Waals surface area contributed by atoms with Gasteiger partial charge in [-0.1, -0.05) is 0 Å². The summed E-state index contributed by atoms with van der Waals surface area (Å²) in [7, 11) is 1.72. The minimum Gasteiger partial charge on any atom is -0.463 e. The van der Waals surface area contributed by atoms with Gasteiger partial charge in [-0.2, -0.15) is 10.2 Å². The SMILES string of the molecule is CCn1cc(Br)c(CN(C)C(=O)c2cc(-c3ccco3)[nH]n2)n1. The van der Waals surface area contributed by atoms with E-state index in [1.807, 2.05) is 17.8 Å². The average molecular weight is 378 g/mol. The zero-order valence-corrected chi connectivity index (χ0v) is 14.4. The summed E-state index contributed by atoms with van der Waals surface area (Å²) in [4.78, 5) is 14.1. The molecule has 0 fully saturated rings. The summed E-state index contributed by atoms with van der Waals surface area (Å²) in [6.07, 6.45) is 3.47. The van der Waals surface area contributed by atoms with Crippen LogP contribution in [0.1, 0.15) is 23.1 Å². The van der Waals surface area contributed by atoms with Crippen LogP contribution in [0.3, 0.4) is 0 Å². The van der Waals surface area contributed by atoms with Crippen molar-refractivity contribution in [1.29, 1.82) is 0 Å². The van der Waals surface area contributed by atoms with E-state index in [2.05, 4.69) is 31.2 Å². The van der Waals surface area contributed by atoms with Crippen LogP contribution in [0.15, 0.2) is 39.5 Å². The van der Waals surface area contributed by atoms with Gasteiger partial charge in [0.2, 0.25) is 0 Å². The van der Waals surface area contributed by atoms with Crippen LogP contribution in [0.25, 0.3) is 11.5 Å². The Hall–Kier alpha value is -2.35. The summed E-state index contributed by atoms with van der Waals surface area (Å²) in [6.45, 7) is 3.19. The molecule has 1 amide bonds. The molecule has 0 aliphatic carbocycles. The lowest BCUT2D eigenvalue weighted by Gasteiger charge is -2.14. The normalized spacial score (nSPS) is 10.9. The molecule has 23 heavy (non-hydrogen) atoms. The van der Waals surface area contributed by atoms with Crippen molar-refractivity contribution in [3.05, 3.63) is 46.5 Å². The number of furan rings is 1. The van der Waals surface area contributed by atoms with Crippen LogP contribution in [0.2, 0.25) is 0 Å². The van der Waals surface area contributed by atoms with Gasteiger partial charge in [0.1, 0.15) is 5.69 Å². The van der Waals surface area contributed by atoms with Crippen molar-refractivity contribution in [3.63, 3.8) is 0 Å². The molecule has 0 radical (unpaired) electrons. The predicted molar refractivity (Wildman–Crippen MR) is 87.7 cm³/mol. The molecule has 3 rings (SSSR count). The molecule has 120 valence electrons. The fourth-order valence-electron chi connectivity index (χ4n) is 2.19. The molecule has 3 heterocycles. The van der Waals surface area contributed by atoms with Gasteiger partial charge in [0.15, 0.2) is 11.5 Å². The van der Waals surface area contributed by atoms with Crippen molar-refractivity contribution < 1.29 is 9.21 Å². The highest BCUT2D eigenvalue weighted by Gasteiger charge is 2.19. The lowest BCUT2D eigenvalue weighted by atomic mass is 10.3. The number of amides is 1. The van der Waals surface area contributed by atoms with E-state index in [4.69, 9.17) is 4.42 Å². The zero-order chi connectivity index (χ0) is 16.4. The number of aryl methyl sites for hydroxylation is 1. The largest absolute Gasteiger partial charge is 0.463 e. The van der Waals surface area contributed by atoms with Crippen LogP contribution >= 0.6 is 15.9 Å². The summed E-state index contributed by atoms with van der Waals surface area (Å²) in [5.74, 6) is 0.459. The number of H-pyrrole nitrogens is 1. The number of hydrogen-bond donors (Lipinski definition) is 1. The first-order chi connectivity index (χ1) is 11.1. The Labute approximate surface area is 141 Å². The van der Waals surface area contributed by atoms with Crippen LogP contribution < -0.4 is 0 Å². The van der Waals surface area contributed by atoms with Crippen molar-refractivity contribution >= 4 is 21.8 Å². The number of nitrogens with one attached hydrogen (secondary N) is 1. The average Bonchev–Trinajstić information content (AvgIpc) is 3.27. The molecular weight excluding hydrogens is 362 g/mol. The Kier molecular flexibility index (Phi) is 4.33. The van der Waals surface area contributed by atoms with Gasteiger partial charge in [0.05, 0.1) is 23.0 Å². The lowest BCUT2D eigenvalue weighted by molar-refractivity contribution is 0.0777. The second-order valence-corrected chi connectivity index (χ2v) is 5.94. The van der Waals surface area contributed by atoms with E-state index in [-0.39, 0.29) is 5.91 Å². The van der Waals surface area contributed by atoms with Gasteiger partial charge in [0.25, 0.3) is 5.91 Å². The third kappa shape index (κ3) is 3.21. The van der Waals surface area contributed by atoms with Crippen molar-refractivity contribution in [3.8, 4) is 11.5 Å². The number of aromatic nitrogens is 4. The molecule has 0 aliphatic rings. The summed E-state index contributed by atoms with van der Waals surface area (Å²) in [5.41, 5.74) is 1.82. The number of carbonyl (C=O) groups is 1. The first kappa shape index (κ1) is 15.5. The number of aromatic amines is 1. The monoisotopic (exact) mass is 377 g/mol. The standard InChI is InChI=1S/C15H16BrN5O2/c1-3-21-8-10(16)13(19-21)9-20(2)15(22)12-7-11(17-18-12)14-5-4-6-23-14/h4-8H,3,9H2,1-2H3,(H,17,18). The van der Waals surface area contributed by atoms with Crippen LogP contribution in [0.5, 0.6) is 0 Å². The van der Waals surface area contributed by atoms with Crippen molar-refractivity contribution in [1.82, 2.24) is 24.9 Å². The van der Waals surface area contributed by atoms with Crippen LogP contribution in [0, 0.1) is 0 Å². The third-order valence-corrected chi connectivity index (χ3v) is 4.09. The first-order valence-corrected chi connectivity index (χ1v) is 7.94. The van der Waals surface area contributed by atoms with E-state index in [0.29, 0.717) is 23.7 Å². The van der Waals surface area contributed by atoms with Gasteiger partial charge < -0.3 is 9.32 Å². The minimum absolute atomic E-state index is 0.183. The van der Waals surface area contributed by atoms with Gasteiger partial charge in [-0.3, -0.25) is 14.6 Å². The number of rotatable bonds is 5. The smallest absolute Gasteiger partial charge is 0.274 e. The second kappa shape index (κ2) is 6.41. The molecule has 0 saturated heterocycles. The van der Waals surface area contributed by atoms with Crippen molar-refractivity contribution in [2.24, 2.45) is 0 Å². The first-order valence-electron chi connectivity index (χ1n) is 7.15. The van der Waals surface area contributed by atoms with E-state index in [1.165, 1.54) is 0 Å². The fourth-order valence-corrected chi connectivity index (χ4v) is 2.63. The van der Waals surface area contributed by atoms with E-state index in [1.54, 1.807) is 36.4 Å². The van der Waals surface area contributed by atoms with Gasteiger partial charge >= 0.3 is 0 Å². The Morgan fingerprint density at radius 2 is 2.35 bits per heavy atom. The van der Waals surface area contributed by atoms with Gasteiger partial charge in [-0.25, -0.2) is 0 Å². The summed E-state index contributed by atoms with van der Waals surface area (Å²) < 4.78 is 7.99. The maximum atomic E-state index is 12.5. The van der Waals surface area contributed by atoms with Gasteiger partial charge in [-0.15, -0.1) is 0 Å². The topological polar surface area (TPSA) is 80.0 Å². The minimum atomic E-state index is -0.183. The molecule has 0 aliphatic heterocycles. The van der Waals surface area contributed by atoms with Crippen LogP contribution in [-0.4, -0.2) is 37.8 Å². The summed E-state index contributed by atoms with van der Waals surface area (Å²) in [5, 5.41) is 11.3. The molecule has 0 spiro atoms. The van der Waals surface area contributed by atoms with E-state index in [0.717, 1.165) is 16.7 Å². The molecule has 3 aromatic heterocycles. The molecule has 0 bridgehead atoms. The molecule has 7 nitrogen and oxygen atoms in total. The van der Waals surface area contributed by atoms with E-state index in [9.17, 15) is 4.79 Å². The molecular formula is C15H16BrN5O2. The number of nitrogens with zero attached hydrogens (tertiary/aromatic N) is 4. The number of carbonyl (C=O) groups excluding carboxylic acids is 1. The van der Waals surface area contributed by atoms with E-state index < -0.39 is 0 Å². The summed E-state index contributed by atoms with van der Waals surface area (Å²) >= 11 is 3.47. The Morgan fingerprint density at radius 1 is 1.52 bits per heavy atom. The Bertz CT molecular complexity index is 806. The zero-order valence-electron chi connectivity index (χ0n) is 12.8. The quantitative estimate of drug-likeness (QED) is 0.741. The molecule has 3 aromatic rings. The Balaban J connectivity index is 1.73. The van der Waals surface area contributed by atoms with Crippen molar-refractivity contribution in [2.45, 2.75) is 20.0 Å². The predicted octanol–water partition coefficient (Wildman–Crippen LogP) is 2.92. The third-order valence-electron chi connectivity index (χ3n) is 3.43. The van der Waals surface area contributed by atoms with Gasteiger partial charge in [-0.05, 0) is 35.0 Å². The molecule has 8 heteroatoms. The van der Waals surface area contributed by atoms with Crippen LogP contribution in [0.4, 0.5) is 0 Å². The molecule has 0 saturated carbocycles. The highest BCUT2D eigenvalue weighted by molar-refractivity contribution is 9.10. The summed E-state index contributed by atoms with van der Waals surface area (Å²) in [6, 6.07) is 5.27. The van der Waals surface area contributed by atoms with Gasteiger partial charge in [0, 0.05) is 25.9 Å². The highest BCUT2D eigenvalue weighted by Crippen LogP contribution is 2.20. The number of halogens is 1. The maximum absolute atomic E-state index is 12.5. The second-order valence-electron chi connectivity index (χ2n) is 5.08. The van der Waals surface area contributed by atoms with Crippen LogP contribution in [-0.2, 0) is 13.1 Å². The molecule has 0 atom stereocenters. The molecule has 0 aromatic carbocycles. The highest BCUT2D eigenvalue weighted by atomic mass is 79.9. The molecule has 0 unspecified atom stereocenters. The lowest BCUT2D eigenvalue weighted by Crippen LogP contribution is -2.27. The molecule has 1 N–H and O–H groups in total. The Morgan fingerprint density at radius 3 is 3.00 bits per heavy atom. The maximum Gasteiger partial charge on any atom is 0.274 e. The van der Waals surface area contributed by atoms with Crippen molar-refractivity contribution in [2.75, 3.05) is 7.05 Å². The van der Waals surface area contributed by atoms with E-state index >= 15 is 0 Å².